The van der Waals surface area contributed by atoms with Crippen LogP contribution in [0.2, 0.25) is 0 Å². The Morgan fingerprint density at radius 3 is 3.19 bits per heavy atom. The van der Waals surface area contributed by atoms with Crippen molar-refractivity contribution < 1.29 is 0 Å². The van der Waals surface area contributed by atoms with E-state index in [1.54, 1.807) is 0 Å². The number of halogens is 2. The summed E-state index contributed by atoms with van der Waals surface area (Å²) in [7, 11) is 0. The number of hydrogen-bond donors (Lipinski definition) is 1. The topological polar surface area (TPSA) is 49.0 Å². The number of H-pyrrole nitrogens is 1. The first-order chi connectivity index (χ1) is 7.72. The van der Waals surface area contributed by atoms with E-state index in [2.05, 4.69) is 46.7 Å². The molecule has 1 fully saturated rings. The predicted molar refractivity (Wildman–Crippen MR) is 71.3 cm³/mol. The van der Waals surface area contributed by atoms with Gasteiger partial charge in [0.2, 0.25) is 0 Å². The largest absolute Gasteiger partial charge is 0.355 e. The first-order valence-electron chi connectivity index (χ1n) is 5.26. The first kappa shape index (κ1) is 12.1. The molecule has 1 aromatic heterocycles. The lowest BCUT2D eigenvalue weighted by Crippen LogP contribution is -2.37. The average molecular weight is 351 g/mol. The van der Waals surface area contributed by atoms with Crippen LogP contribution in [-0.2, 0) is 0 Å². The fourth-order valence-electron chi connectivity index (χ4n) is 1.98. The van der Waals surface area contributed by atoms with E-state index in [-0.39, 0.29) is 5.56 Å². The van der Waals surface area contributed by atoms with Gasteiger partial charge in [0, 0.05) is 18.4 Å². The molecule has 2 rings (SSSR count). The van der Waals surface area contributed by atoms with E-state index >= 15 is 0 Å². The number of anilines is 1. The second-order valence-corrected chi connectivity index (χ2v) is 5.42. The quantitative estimate of drug-likeness (QED) is 0.831. The fourth-order valence-corrected chi connectivity index (χ4v) is 2.97. The Balaban J connectivity index is 2.23. The highest BCUT2D eigenvalue weighted by Gasteiger charge is 2.22. The molecule has 16 heavy (non-hydrogen) atoms. The van der Waals surface area contributed by atoms with Gasteiger partial charge in [0.05, 0.1) is 6.33 Å². The molecule has 6 heteroatoms. The van der Waals surface area contributed by atoms with Gasteiger partial charge in [-0.2, -0.15) is 0 Å². The van der Waals surface area contributed by atoms with Crippen LogP contribution in [0.1, 0.15) is 12.8 Å². The highest BCUT2D eigenvalue weighted by Crippen LogP contribution is 2.25. The minimum Gasteiger partial charge on any atom is -0.355 e. The Hall–Kier alpha value is -0.360. The number of hydrogen-bond acceptors (Lipinski definition) is 3. The maximum atomic E-state index is 11.5. The van der Waals surface area contributed by atoms with Crippen LogP contribution in [-0.4, -0.2) is 28.4 Å². The van der Waals surface area contributed by atoms with Crippen molar-refractivity contribution in [2.24, 2.45) is 5.92 Å². The third-order valence-corrected chi connectivity index (χ3v) is 4.45. The lowest BCUT2D eigenvalue weighted by Gasteiger charge is -2.32. The van der Waals surface area contributed by atoms with Gasteiger partial charge in [0.15, 0.2) is 0 Å². The monoisotopic (exact) mass is 349 g/mol. The SMILES string of the molecule is O=c1[nH]cnc(N2CCCC(CBr)C2)c1Br. The molecule has 1 aliphatic heterocycles. The normalized spacial score (nSPS) is 21.1. The first-order valence-corrected chi connectivity index (χ1v) is 7.18. The molecule has 0 spiro atoms. The summed E-state index contributed by atoms with van der Waals surface area (Å²) in [5, 5.41) is 1.00. The Kier molecular flexibility index (Phi) is 4.02. The molecule has 0 bridgehead atoms. The summed E-state index contributed by atoms with van der Waals surface area (Å²) < 4.78 is 0.533. The zero-order valence-electron chi connectivity index (χ0n) is 8.75. The van der Waals surface area contributed by atoms with Crippen LogP contribution < -0.4 is 10.5 Å². The highest BCUT2D eigenvalue weighted by molar-refractivity contribution is 9.10. The van der Waals surface area contributed by atoms with Crippen LogP contribution in [0.25, 0.3) is 0 Å². The van der Waals surface area contributed by atoms with Gasteiger partial charge < -0.3 is 9.88 Å². The maximum absolute atomic E-state index is 11.5. The Morgan fingerprint density at radius 1 is 1.62 bits per heavy atom. The van der Waals surface area contributed by atoms with Crippen LogP contribution >= 0.6 is 31.9 Å². The van der Waals surface area contributed by atoms with Crippen molar-refractivity contribution in [3.05, 3.63) is 21.2 Å². The minimum absolute atomic E-state index is 0.119. The molecule has 0 amide bonds. The fraction of sp³-hybridized carbons (Fsp3) is 0.600. The second-order valence-electron chi connectivity index (χ2n) is 3.98. The molecule has 0 aliphatic carbocycles. The standard InChI is InChI=1S/C10H13Br2N3O/c11-4-7-2-1-3-15(5-7)9-8(12)10(16)14-6-13-9/h6-7H,1-5H2,(H,13,14,16). The Morgan fingerprint density at radius 2 is 2.44 bits per heavy atom. The summed E-state index contributed by atoms with van der Waals surface area (Å²) in [6.45, 7) is 1.93. The summed E-state index contributed by atoms with van der Waals surface area (Å²) in [5.74, 6) is 1.40. The smallest absolute Gasteiger partial charge is 0.267 e. The second kappa shape index (κ2) is 5.31. The maximum Gasteiger partial charge on any atom is 0.267 e. The van der Waals surface area contributed by atoms with Gasteiger partial charge in [-0.3, -0.25) is 4.79 Å². The molecule has 1 saturated heterocycles. The lowest BCUT2D eigenvalue weighted by atomic mass is 10.0. The third-order valence-electron chi connectivity index (χ3n) is 2.81. The number of nitrogens with zero attached hydrogens (tertiary/aromatic N) is 2. The average Bonchev–Trinajstić information content (AvgIpc) is 2.33. The van der Waals surface area contributed by atoms with Crippen molar-refractivity contribution in [1.29, 1.82) is 0 Å². The molecule has 88 valence electrons. The van der Waals surface area contributed by atoms with Gasteiger partial charge in [-0.15, -0.1) is 0 Å². The predicted octanol–water partition coefficient (Wildman–Crippen LogP) is 2.14. The van der Waals surface area contributed by atoms with E-state index in [0.29, 0.717) is 10.4 Å². The molecule has 0 saturated carbocycles. The zero-order chi connectivity index (χ0) is 11.5. The van der Waals surface area contributed by atoms with Gasteiger partial charge in [-0.1, -0.05) is 15.9 Å². The number of alkyl halides is 1. The van der Waals surface area contributed by atoms with Gasteiger partial charge in [0.25, 0.3) is 5.56 Å². The highest BCUT2D eigenvalue weighted by atomic mass is 79.9. The van der Waals surface area contributed by atoms with Crippen LogP contribution in [0, 0.1) is 5.92 Å². The number of aromatic nitrogens is 2. The van der Waals surface area contributed by atoms with Crippen LogP contribution in [0.4, 0.5) is 5.82 Å². The van der Waals surface area contributed by atoms with E-state index in [9.17, 15) is 4.79 Å². The van der Waals surface area contributed by atoms with Crippen LogP contribution in [0.15, 0.2) is 15.6 Å². The lowest BCUT2D eigenvalue weighted by molar-refractivity contribution is 0.452. The van der Waals surface area contributed by atoms with Gasteiger partial charge in [-0.25, -0.2) is 4.98 Å². The molecule has 1 aromatic rings. The molecule has 1 atom stereocenters. The molecule has 1 N–H and O–H groups in total. The molecule has 2 heterocycles. The van der Waals surface area contributed by atoms with Gasteiger partial charge >= 0.3 is 0 Å². The summed E-state index contributed by atoms with van der Waals surface area (Å²) in [6, 6.07) is 0. The van der Waals surface area contributed by atoms with E-state index in [1.165, 1.54) is 12.7 Å². The molecule has 1 unspecified atom stereocenters. The van der Waals surface area contributed by atoms with Crippen LogP contribution in [0.3, 0.4) is 0 Å². The Bertz CT molecular complexity index is 421. The van der Waals surface area contributed by atoms with Crippen molar-refractivity contribution in [2.45, 2.75) is 12.8 Å². The summed E-state index contributed by atoms with van der Waals surface area (Å²) in [4.78, 5) is 20.4. The zero-order valence-corrected chi connectivity index (χ0v) is 11.9. The van der Waals surface area contributed by atoms with E-state index in [1.807, 2.05) is 0 Å². The third kappa shape index (κ3) is 2.48. The van der Waals surface area contributed by atoms with E-state index in [0.717, 1.165) is 30.7 Å². The number of rotatable bonds is 2. The minimum atomic E-state index is -0.119. The van der Waals surface area contributed by atoms with Crippen molar-refractivity contribution >= 4 is 37.7 Å². The van der Waals surface area contributed by atoms with E-state index in [4.69, 9.17) is 0 Å². The van der Waals surface area contributed by atoms with Crippen molar-refractivity contribution in [2.75, 3.05) is 23.3 Å². The van der Waals surface area contributed by atoms with Gasteiger partial charge in [0.1, 0.15) is 10.3 Å². The summed E-state index contributed by atoms with van der Waals surface area (Å²) in [6.07, 6.45) is 3.85. The van der Waals surface area contributed by atoms with Crippen molar-refractivity contribution in [3.8, 4) is 0 Å². The summed E-state index contributed by atoms with van der Waals surface area (Å²) in [5.41, 5.74) is -0.119. The van der Waals surface area contributed by atoms with Gasteiger partial charge in [-0.05, 0) is 34.7 Å². The molecular formula is C10H13Br2N3O. The van der Waals surface area contributed by atoms with Crippen molar-refractivity contribution in [3.63, 3.8) is 0 Å². The number of nitrogens with one attached hydrogen (secondary N) is 1. The molecule has 1 aliphatic rings. The molecular weight excluding hydrogens is 338 g/mol. The number of piperidine rings is 1. The van der Waals surface area contributed by atoms with E-state index < -0.39 is 0 Å². The van der Waals surface area contributed by atoms with Crippen LogP contribution in [0.5, 0.6) is 0 Å². The van der Waals surface area contributed by atoms with Crippen molar-refractivity contribution in [1.82, 2.24) is 9.97 Å². The Labute approximate surface area is 111 Å². The molecule has 0 radical (unpaired) electrons. The number of aromatic amines is 1. The summed E-state index contributed by atoms with van der Waals surface area (Å²) >= 11 is 6.82. The molecule has 0 aromatic carbocycles. The molecule has 4 nitrogen and oxygen atoms in total.